The van der Waals surface area contributed by atoms with Gasteiger partial charge < -0.3 is 14.6 Å². The highest BCUT2D eigenvalue weighted by molar-refractivity contribution is 9.10. The average molecular weight is 554 g/mol. The van der Waals surface area contributed by atoms with Gasteiger partial charge in [0.25, 0.3) is 5.89 Å². The predicted molar refractivity (Wildman–Crippen MR) is 137 cm³/mol. The number of rotatable bonds is 5. The van der Waals surface area contributed by atoms with Crippen molar-refractivity contribution in [3.63, 3.8) is 0 Å². The number of hydrogen-bond donors (Lipinski definition) is 1. The fraction of sp³-hybridized carbons (Fsp3) is 0.320. The van der Waals surface area contributed by atoms with Gasteiger partial charge in [0.2, 0.25) is 5.91 Å². The summed E-state index contributed by atoms with van der Waals surface area (Å²) in [7, 11) is 0. The highest BCUT2D eigenvalue weighted by atomic mass is 79.9. The van der Waals surface area contributed by atoms with Crippen LogP contribution in [0.3, 0.4) is 0 Å². The summed E-state index contributed by atoms with van der Waals surface area (Å²) in [6, 6.07) is 9.10. The Bertz CT molecular complexity index is 1380. The number of fused-ring (bicyclic) bond motifs is 1. The van der Waals surface area contributed by atoms with Crippen molar-refractivity contribution >= 4 is 50.2 Å². The molecular formula is C25H24BrN5O3S. The molecule has 1 aromatic carbocycles. The van der Waals surface area contributed by atoms with Gasteiger partial charge in [-0.3, -0.25) is 14.6 Å². The molecule has 5 rings (SSSR count). The topological polar surface area (TPSA) is 101 Å². The normalized spacial score (nSPS) is 18.1. The van der Waals surface area contributed by atoms with Crippen LogP contribution in [0.25, 0.3) is 22.4 Å². The van der Waals surface area contributed by atoms with Gasteiger partial charge >= 0.3 is 5.91 Å². The van der Waals surface area contributed by atoms with Gasteiger partial charge in [-0.2, -0.15) is 0 Å². The summed E-state index contributed by atoms with van der Waals surface area (Å²) in [5, 5.41) is 5.80. The molecule has 4 aromatic rings. The van der Waals surface area contributed by atoms with Crippen molar-refractivity contribution in [1.82, 2.24) is 25.2 Å². The molecule has 35 heavy (non-hydrogen) atoms. The van der Waals surface area contributed by atoms with Gasteiger partial charge in [-0.05, 0) is 57.0 Å². The number of hydrogen-bond acceptors (Lipinski definition) is 7. The lowest BCUT2D eigenvalue weighted by atomic mass is 9.89. The summed E-state index contributed by atoms with van der Waals surface area (Å²) in [6.07, 6.45) is 3.26. The zero-order chi connectivity index (χ0) is 24.5. The Kier molecular flexibility index (Phi) is 6.66. The van der Waals surface area contributed by atoms with Crippen molar-refractivity contribution in [3.8, 4) is 11.3 Å². The molecule has 8 nitrogen and oxygen atoms in total. The lowest BCUT2D eigenvalue weighted by Crippen LogP contribution is -2.51. The van der Waals surface area contributed by atoms with E-state index >= 15 is 0 Å². The van der Waals surface area contributed by atoms with Crippen LogP contribution in [-0.2, 0) is 11.3 Å². The first-order valence-corrected chi connectivity index (χ1v) is 13.1. The van der Waals surface area contributed by atoms with Crippen LogP contribution in [-0.4, -0.2) is 44.3 Å². The van der Waals surface area contributed by atoms with Crippen LogP contribution < -0.4 is 5.32 Å². The molecule has 10 heteroatoms. The van der Waals surface area contributed by atoms with Crippen LogP contribution in [0.2, 0.25) is 0 Å². The number of likely N-dealkylation sites (tertiary alicyclic amines) is 1. The van der Waals surface area contributed by atoms with Gasteiger partial charge in [0, 0.05) is 39.9 Å². The first-order valence-electron chi connectivity index (χ1n) is 11.4. The number of carbonyl (C=O) groups is 2. The highest BCUT2D eigenvalue weighted by Crippen LogP contribution is 2.28. The molecule has 1 aliphatic rings. The third-order valence-electron chi connectivity index (χ3n) is 6.29. The van der Waals surface area contributed by atoms with Gasteiger partial charge in [0.15, 0.2) is 5.58 Å². The summed E-state index contributed by atoms with van der Waals surface area (Å²) in [5.41, 5.74) is 3.92. The Labute approximate surface area is 214 Å². The van der Waals surface area contributed by atoms with E-state index in [-0.39, 0.29) is 29.7 Å². The van der Waals surface area contributed by atoms with Crippen LogP contribution in [0.1, 0.15) is 41.2 Å². The van der Waals surface area contributed by atoms with Crippen molar-refractivity contribution in [2.24, 2.45) is 5.92 Å². The first-order chi connectivity index (χ1) is 16.9. The second kappa shape index (κ2) is 9.87. The van der Waals surface area contributed by atoms with Gasteiger partial charge in [-0.25, -0.2) is 9.97 Å². The number of nitrogens with zero attached hydrogens (tertiary/aromatic N) is 4. The van der Waals surface area contributed by atoms with E-state index in [9.17, 15) is 9.59 Å². The summed E-state index contributed by atoms with van der Waals surface area (Å²) in [5.74, 6) is -0.636. The molecule has 0 spiro atoms. The van der Waals surface area contributed by atoms with E-state index < -0.39 is 0 Å². The molecule has 0 unspecified atom stereocenters. The molecule has 3 aromatic heterocycles. The summed E-state index contributed by atoms with van der Waals surface area (Å²) < 4.78 is 6.56. The number of carbonyl (C=O) groups excluding carboxylic acids is 2. The summed E-state index contributed by atoms with van der Waals surface area (Å²) in [6.45, 7) is 4.76. The minimum absolute atomic E-state index is 0.0481. The fourth-order valence-electron chi connectivity index (χ4n) is 4.33. The van der Waals surface area contributed by atoms with Gasteiger partial charge in [0.05, 0.1) is 18.2 Å². The molecule has 1 aliphatic heterocycles. The van der Waals surface area contributed by atoms with Crippen LogP contribution in [0.15, 0.2) is 50.8 Å². The summed E-state index contributed by atoms with van der Waals surface area (Å²) in [4.78, 5) is 41.2. The Morgan fingerprint density at radius 1 is 1.26 bits per heavy atom. The standard InChI is InChI=1S/C25H24BrN5O3S/c1-14-5-6-16(11-27-14)20-13-35-22(29-20)12-28-23(32)18-4-3-9-31(15(18)2)25(33)24-30-19-10-17(26)7-8-21(19)34-24/h5-8,10-11,13,15,18H,3-4,9,12H2,1-2H3,(H,28,32)/t15-,18-/m0/s1. The number of nitrogens with one attached hydrogen (secondary N) is 1. The fourth-order valence-corrected chi connectivity index (χ4v) is 5.42. The molecule has 0 saturated carbocycles. The maximum absolute atomic E-state index is 13.2. The zero-order valence-corrected chi connectivity index (χ0v) is 21.7. The summed E-state index contributed by atoms with van der Waals surface area (Å²) >= 11 is 4.91. The van der Waals surface area contributed by atoms with Crippen LogP contribution in [0.5, 0.6) is 0 Å². The van der Waals surface area contributed by atoms with Crippen molar-refractivity contribution in [2.75, 3.05) is 6.54 Å². The van der Waals surface area contributed by atoms with E-state index in [2.05, 4.69) is 36.2 Å². The van der Waals surface area contributed by atoms with E-state index in [1.54, 1.807) is 17.2 Å². The van der Waals surface area contributed by atoms with Crippen LogP contribution in [0, 0.1) is 12.8 Å². The largest absolute Gasteiger partial charge is 0.432 e. The number of benzene rings is 1. The number of aryl methyl sites for hydroxylation is 1. The second-order valence-electron chi connectivity index (χ2n) is 8.65. The Hall–Kier alpha value is -3.11. The molecule has 1 fully saturated rings. The van der Waals surface area contributed by atoms with Crippen molar-refractivity contribution in [1.29, 1.82) is 0 Å². The molecule has 180 valence electrons. The third-order valence-corrected chi connectivity index (χ3v) is 7.63. The number of pyridine rings is 1. The third kappa shape index (κ3) is 4.99. The first kappa shape index (κ1) is 23.6. The quantitative estimate of drug-likeness (QED) is 0.374. The SMILES string of the molecule is Cc1ccc(-c2csc(CNC(=O)[C@H]3CCCN(C(=O)c4nc5cc(Br)ccc5o4)[C@H]3C)n2)cn1. The van der Waals surface area contributed by atoms with Crippen molar-refractivity contribution < 1.29 is 14.0 Å². The highest BCUT2D eigenvalue weighted by Gasteiger charge is 2.37. The van der Waals surface area contributed by atoms with Gasteiger partial charge in [0.1, 0.15) is 10.5 Å². The van der Waals surface area contributed by atoms with E-state index in [4.69, 9.17) is 4.42 Å². The Morgan fingerprint density at radius 3 is 2.91 bits per heavy atom. The minimum atomic E-state index is -0.313. The van der Waals surface area contributed by atoms with E-state index in [0.717, 1.165) is 39.3 Å². The van der Waals surface area contributed by atoms with Crippen LogP contribution >= 0.6 is 27.3 Å². The van der Waals surface area contributed by atoms with E-state index in [0.29, 0.717) is 24.2 Å². The molecule has 2 amide bonds. The number of aromatic nitrogens is 3. The zero-order valence-electron chi connectivity index (χ0n) is 19.3. The molecule has 0 radical (unpaired) electrons. The molecule has 0 bridgehead atoms. The molecule has 2 atom stereocenters. The molecule has 1 N–H and O–H groups in total. The molecule has 4 heterocycles. The van der Waals surface area contributed by atoms with Crippen molar-refractivity contribution in [2.45, 2.75) is 39.3 Å². The number of oxazole rings is 1. The molecular weight excluding hydrogens is 530 g/mol. The van der Waals surface area contributed by atoms with E-state index in [1.165, 1.54) is 11.3 Å². The van der Waals surface area contributed by atoms with Gasteiger partial charge in [-0.1, -0.05) is 15.9 Å². The smallest absolute Gasteiger partial charge is 0.310 e. The van der Waals surface area contributed by atoms with Crippen molar-refractivity contribution in [3.05, 3.63) is 63.0 Å². The average Bonchev–Trinajstić information content (AvgIpc) is 3.50. The maximum atomic E-state index is 13.2. The van der Waals surface area contributed by atoms with Crippen LogP contribution in [0.4, 0.5) is 0 Å². The molecule has 1 saturated heterocycles. The predicted octanol–water partition coefficient (Wildman–Crippen LogP) is 4.97. The lowest BCUT2D eigenvalue weighted by Gasteiger charge is -2.37. The Morgan fingerprint density at radius 2 is 2.11 bits per heavy atom. The maximum Gasteiger partial charge on any atom is 0.310 e. The van der Waals surface area contributed by atoms with E-state index in [1.807, 2.05) is 43.5 Å². The number of halogens is 1. The number of amides is 2. The number of thiazole rings is 1. The molecule has 0 aliphatic carbocycles. The lowest BCUT2D eigenvalue weighted by molar-refractivity contribution is -0.128. The number of piperidine rings is 1. The monoisotopic (exact) mass is 553 g/mol. The Balaban J connectivity index is 1.23. The minimum Gasteiger partial charge on any atom is -0.432 e. The second-order valence-corrected chi connectivity index (χ2v) is 10.5. The van der Waals surface area contributed by atoms with Gasteiger partial charge in [-0.15, -0.1) is 11.3 Å².